The molecule has 0 radical (unpaired) electrons. The molecular weight excluding hydrogens is 214 g/mol. The molecule has 6 heteroatoms. The summed E-state index contributed by atoms with van der Waals surface area (Å²) in [6, 6.07) is 1.18. The van der Waals surface area contributed by atoms with E-state index in [1.54, 1.807) is 13.8 Å². The van der Waals surface area contributed by atoms with Gasteiger partial charge in [-0.15, -0.1) is 0 Å². The monoisotopic (exact) mass is 233 g/mol. The van der Waals surface area contributed by atoms with Crippen LogP contribution in [0, 0.1) is 11.3 Å². The zero-order valence-electron chi connectivity index (χ0n) is 9.69. The maximum absolute atomic E-state index is 11.7. The van der Waals surface area contributed by atoms with Crippen LogP contribution in [0.25, 0.3) is 0 Å². The predicted molar refractivity (Wildman–Crippen MR) is 59.3 cm³/mol. The summed E-state index contributed by atoms with van der Waals surface area (Å²) in [6.45, 7) is 5.46. The molecule has 0 aromatic heterocycles. The van der Waals surface area contributed by atoms with Crippen molar-refractivity contribution in [2.24, 2.45) is 0 Å². The lowest BCUT2D eigenvalue weighted by atomic mass is 10.2. The van der Waals surface area contributed by atoms with Gasteiger partial charge in [-0.3, -0.25) is 0 Å². The topological polar surface area (TPSA) is 73.2 Å². The average Bonchev–Trinajstić information content (AvgIpc) is 2.15. The lowest BCUT2D eigenvalue weighted by Crippen LogP contribution is -2.45. The lowest BCUT2D eigenvalue weighted by molar-refractivity contribution is 0.398. The van der Waals surface area contributed by atoms with Crippen molar-refractivity contribution in [3.8, 4) is 6.07 Å². The molecule has 1 N–H and O–H groups in total. The first-order valence-corrected chi connectivity index (χ1v) is 6.44. The van der Waals surface area contributed by atoms with E-state index in [9.17, 15) is 8.42 Å². The minimum atomic E-state index is -3.53. The largest absolute Gasteiger partial charge is 0.280 e. The Morgan fingerprint density at radius 1 is 1.47 bits per heavy atom. The highest BCUT2D eigenvalue weighted by atomic mass is 32.2. The summed E-state index contributed by atoms with van der Waals surface area (Å²) in [6.07, 6.45) is 1.30. The first-order chi connectivity index (χ1) is 6.85. The Bertz CT molecular complexity index is 319. The fraction of sp³-hybridized carbons (Fsp3) is 0.889. The Morgan fingerprint density at radius 3 is 2.33 bits per heavy atom. The van der Waals surface area contributed by atoms with Gasteiger partial charge in [0, 0.05) is 13.1 Å². The SMILES string of the molecule is CCCC(C#N)NS(=O)(=O)N(C)C(C)C. The normalized spacial score (nSPS) is 14.2. The second-order valence-electron chi connectivity index (χ2n) is 3.70. The van der Waals surface area contributed by atoms with Gasteiger partial charge in [0.05, 0.1) is 6.07 Å². The standard InChI is InChI=1S/C9H19N3O2S/c1-5-6-9(7-10)11-15(13,14)12(4)8(2)3/h8-9,11H,5-6H2,1-4H3. The number of nitriles is 1. The van der Waals surface area contributed by atoms with Crippen LogP contribution in [0.5, 0.6) is 0 Å². The summed E-state index contributed by atoms with van der Waals surface area (Å²) in [5.74, 6) is 0. The van der Waals surface area contributed by atoms with E-state index in [1.165, 1.54) is 11.4 Å². The number of nitrogens with one attached hydrogen (secondary N) is 1. The molecule has 1 atom stereocenters. The highest BCUT2D eigenvalue weighted by molar-refractivity contribution is 7.87. The Hall–Kier alpha value is -0.640. The van der Waals surface area contributed by atoms with Crippen LogP contribution in [-0.2, 0) is 10.2 Å². The Labute approximate surface area is 92.3 Å². The summed E-state index contributed by atoms with van der Waals surface area (Å²) in [5.41, 5.74) is 0. The molecule has 0 saturated heterocycles. The molecule has 88 valence electrons. The summed E-state index contributed by atoms with van der Waals surface area (Å²) in [7, 11) is -2.04. The van der Waals surface area contributed by atoms with Gasteiger partial charge in [0.1, 0.15) is 6.04 Å². The maximum Gasteiger partial charge on any atom is 0.280 e. The molecule has 0 aliphatic heterocycles. The molecule has 0 fully saturated rings. The molecule has 0 aliphatic rings. The average molecular weight is 233 g/mol. The Morgan fingerprint density at radius 2 is 2.00 bits per heavy atom. The molecule has 0 aromatic carbocycles. The van der Waals surface area contributed by atoms with Gasteiger partial charge in [-0.25, -0.2) is 0 Å². The van der Waals surface area contributed by atoms with Gasteiger partial charge in [0.25, 0.3) is 10.2 Å². The van der Waals surface area contributed by atoms with Crippen molar-refractivity contribution in [2.45, 2.75) is 45.7 Å². The highest BCUT2D eigenvalue weighted by Crippen LogP contribution is 2.04. The molecule has 0 bridgehead atoms. The second-order valence-corrected chi connectivity index (χ2v) is 5.47. The molecule has 0 amide bonds. The Balaban J connectivity index is 4.57. The number of hydrogen-bond acceptors (Lipinski definition) is 3. The van der Waals surface area contributed by atoms with Crippen LogP contribution < -0.4 is 4.72 Å². The first-order valence-electron chi connectivity index (χ1n) is 5.00. The van der Waals surface area contributed by atoms with Crippen molar-refractivity contribution >= 4 is 10.2 Å². The van der Waals surface area contributed by atoms with E-state index in [0.717, 1.165) is 6.42 Å². The molecule has 15 heavy (non-hydrogen) atoms. The van der Waals surface area contributed by atoms with Gasteiger partial charge >= 0.3 is 0 Å². The zero-order chi connectivity index (χ0) is 12.1. The van der Waals surface area contributed by atoms with E-state index in [4.69, 9.17) is 5.26 Å². The van der Waals surface area contributed by atoms with Gasteiger partial charge < -0.3 is 0 Å². The van der Waals surface area contributed by atoms with Gasteiger partial charge in [-0.2, -0.15) is 22.7 Å². The minimum Gasteiger partial charge on any atom is -0.197 e. The molecule has 0 aromatic rings. The van der Waals surface area contributed by atoms with Crippen molar-refractivity contribution in [3.05, 3.63) is 0 Å². The predicted octanol–water partition coefficient (Wildman–Crippen LogP) is 0.853. The summed E-state index contributed by atoms with van der Waals surface area (Å²) < 4.78 is 26.9. The summed E-state index contributed by atoms with van der Waals surface area (Å²) >= 11 is 0. The van der Waals surface area contributed by atoms with Crippen molar-refractivity contribution in [1.29, 1.82) is 5.26 Å². The molecular formula is C9H19N3O2S. The third-order valence-corrected chi connectivity index (χ3v) is 3.89. The number of nitrogens with zero attached hydrogens (tertiary/aromatic N) is 2. The van der Waals surface area contributed by atoms with Gasteiger partial charge in [0.15, 0.2) is 0 Å². The van der Waals surface area contributed by atoms with E-state index in [-0.39, 0.29) is 6.04 Å². The van der Waals surface area contributed by atoms with Crippen molar-refractivity contribution in [1.82, 2.24) is 9.03 Å². The smallest absolute Gasteiger partial charge is 0.197 e. The van der Waals surface area contributed by atoms with Crippen LogP contribution in [-0.4, -0.2) is 31.9 Å². The summed E-state index contributed by atoms with van der Waals surface area (Å²) in [4.78, 5) is 0. The second kappa shape index (κ2) is 6.05. The minimum absolute atomic E-state index is 0.122. The van der Waals surface area contributed by atoms with E-state index < -0.39 is 16.3 Å². The van der Waals surface area contributed by atoms with Crippen LogP contribution in [0.3, 0.4) is 0 Å². The van der Waals surface area contributed by atoms with Crippen molar-refractivity contribution in [2.75, 3.05) is 7.05 Å². The van der Waals surface area contributed by atoms with Crippen LogP contribution in [0.2, 0.25) is 0 Å². The molecule has 0 spiro atoms. The maximum atomic E-state index is 11.7. The van der Waals surface area contributed by atoms with Gasteiger partial charge in [0.2, 0.25) is 0 Å². The molecule has 1 unspecified atom stereocenters. The van der Waals surface area contributed by atoms with Crippen LogP contribution in [0.1, 0.15) is 33.6 Å². The molecule has 0 aliphatic carbocycles. The van der Waals surface area contributed by atoms with Crippen LogP contribution in [0.15, 0.2) is 0 Å². The number of hydrogen-bond donors (Lipinski definition) is 1. The van der Waals surface area contributed by atoms with Crippen molar-refractivity contribution in [3.63, 3.8) is 0 Å². The third kappa shape index (κ3) is 4.60. The fourth-order valence-corrected chi connectivity index (χ4v) is 2.23. The number of rotatable bonds is 6. The van der Waals surface area contributed by atoms with Crippen LogP contribution >= 0.6 is 0 Å². The lowest BCUT2D eigenvalue weighted by Gasteiger charge is -2.22. The van der Waals surface area contributed by atoms with Crippen molar-refractivity contribution < 1.29 is 8.42 Å². The molecule has 0 rings (SSSR count). The molecule has 0 heterocycles. The zero-order valence-corrected chi connectivity index (χ0v) is 10.5. The Kier molecular flexibility index (Phi) is 5.80. The van der Waals surface area contributed by atoms with Crippen LogP contribution in [0.4, 0.5) is 0 Å². The third-order valence-electron chi connectivity index (χ3n) is 2.13. The van der Waals surface area contributed by atoms with E-state index in [1.807, 2.05) is 13.0 Å². The van der Waals surface area contributed by atoms with E-state index in [2.05, 4.69) is 4.72 Å². The highest BCUT2D eigenvalue weighted by Gasteiger charge is 2.23. The van der Waals surface area contributed by atoms with Gasteiger partial charge in [-0.05, 0) is 20.3 Å². The van der Waals surface area contributed by atoms with E-state index in [0.29, 0.717) is 6.42 Å². The first kappa shape index (κ1) is 14.4. The molecule has 0 saturated carbocycles. The summed E-state index contributed by atoms with van der Waals surface area (Å²) in [5, 5.41) is 8.75. The quantitative estimate of drug-likeness (QED) is 0.739. The van der Waals surface area contributed by atoms with Gasteiger partial charge in [-0.1, -0.05) is 13.3 Å². The molecule has 5 nitrogen and oxygen atoms in total. The fourth-order valence-electron chi connectivity index (χ4n) is 0.979. The van der Waals surface area contributed by atoms with E-state index >= 15 is 0 Å².